The molecule has 86 valence electrons. The molecule has 2 heteroatoms. The minimum absolute atomic E-state index is 0.168. The molecule has 0 atom stereocenters. The standard InChI is InChI=1S/C13H22O2/c1-5-11(3)8-7-9-12(4)10-15-13(14)6-2/h5,10H,6-9H2,1-4H3/b11-5+,12-10+. The summed E-state index contributed by atoms with van der Waals surface area (Å²) in [5.74, 6) is -0.168. The summed E-state index contributed by atoms with van der Waals surface area (Å²) in [7, 11) is 0. The van der Waals surface area contributed by atoms with E-state index in [1.54, 1.807) is 13.2 Å². The number of carbonyl (C=O) groups excluding carboxylic acids is 1. The maximum Gasteiger partial charge on any atom is 0.310 e. The predicted molar refractivity (Wildman–Crippen MR) is 63.4 cm³/mol. The first kappa shape index (κ1) is 13.9. The summed E-state index contributed by atoms with van der Waals surface area (Å²) >= 11 is 0. The van der Waals surface area contributed by atoms with E-state index in [1.807, 2.05) is 6.92 Å². The quantitative estimate of drug-likeness (QED) is 0.376. The number of hydrogen-bond acceptors (Lipinski definition) is 2. The molecule has 0 radical (unpaired) electrons. The molecule has 0 bridgehead atoms. The maximum absolute atomic E-state index is 10.9. The number of carbonyl (C=O) groups is 1. The summed E-state index contributed by atoms with van der Waals surface area (Å²) in [5, 5.41) is 0. The molecule has 0 rings (SSSR count). The normalized spacial score (nSPS) is 12.8. The Hall–Kier alpha value is -1.05. The second-order valence-corrected chi connectivity index (χ2v) is 3.80. The van der Waals surface area contributed by atoms with E-state index in [0.717, 1.165) is 24.8 Å². The highest BCUT2D eigenvalue weighted by atomic mass is 16.5. The Morgan fingerprint density at radius 2 is 1.80 bits per heavy atom. The lowest BCUT2D eigenvalue weighted by atomic mass is 10.1. The zero-order valence-corrected chi connectivity index (χ0v) is 10.3. The lowest BCUT2D eigenvalue weighted by Crippen LogP contribution is -1.96. The van der Waals surface area contributed by atoms with Gasteiger partial charge in [-0.2, -0.15) is 0 Å². The molecule has 0 aliphatic rings. The van der Waals surface area contributed by atoms with E-state index in [-0.39, 0.29) is 5.97 Å². The van der Waals surface area contributed by atoms with Crippen molar-refractivity contribution in [3.8, 4) is 0 Å². The van der Waals surface area contributed by atoms with Crippen LogP contribution in [0.3, 0.4) is 0 Å². The van der Waals surface area contributed by atoms with Crippen molar-refractivity contribution >= 4 is 5.97 Å². The number of esters is 1. The first-order valence-electron chi connectivity index (χ1n) is 5.57. The van der Waals surface area contributed by atoms with Crippen LogP contribution in [0.25, 0.3) is 0 Å². The van der Waals surface area contributed by atoms with Gasteiger partial charge in [-0.3, -0.25) is 4.79 Å². The molecule has 0 aromatic rings. The van der Waals surface area contributed by atoms with Crippen molar-refractivity contribution in [1.82, 2.24) is 0 Å². The highest BCUT2D eigenvalue weighted by molar-refractivity contribution is 5.69. The van der Waals surface area contributed by atoms with E-state index < -0.39 is 0 Å². The molecule has 0 saturated carbocycles. The van der Waals surface area contributed by atoms with Crippen LogP contribution in [0.1, 0.15) is 53.4 Å². The van der Waals surface area contributed by atoms with Crippen molar-refractivity contribution in [2.24, 2.45) is 0 Å². The highest BCUT2D eigenvalue weighted by Crippen LogP contribution is 2.11. The second kappa shape index (κ2) is 8.27. The van der Waals surface area contributed by atoms with E-state index in [2.05, 4.69) is 19.9 Å². The van der Waals surface area contributed by atoms with Gasteiger partial charge >= 0.3 is 5.97 Å². The molecule has 0 amide bonds. The van der Waals surface area contributed by atoms with Crippen molar-refractivity contribution in [2.75, 3.05) is 0 Å². The van der Waals surface area contributed by atoms with Crippen LogP contribution in [0.4, 0.5) is 0 Å². The van der Waals surface area contributed by atoms with Gasteiger partial charge in [-0.05, 0) is 45.6 Å². The molecule has 0 aliphatic heterocycles. The average Bonchev–Trinajstić information content (AvgIpc) is 2.25. The van der Waals surface area contributed by atoms with Crippen molar-refractivity contribution in [3.05, 3.63) is 23.5 Å². The van der Waals surface area contributed by atoms with Gasteiger partial charge in [0.2, 0.25) is 0 Å². The molecule has 0 spiro atoms. The van der Waals surface area contributed by atoms with Crippen molar-refractivity contribution in [3.63, 3.8) is 0 Å². The highest BCUT2D eigenvalue weighted by Gasteiger charge is 1.96. The lowest BCUT2D eigenvalue weighted by Gasteiger charge is -2.02. The van der Waals surface area contributed by atoms with Gasteiger partial charge in [0.1, 0.15) is 0 Å². The number of ether oxygens (including phenoxy) is 1. The molecule has 2 nitrogen and oxygen atoms in total. The first-order valence-corrected chi connectivity index (χ1v) is 5.57. The molecule has 0 heterocycles. The number of rotatable bonds is 6. The molecule has 0 saturated heterocycles. The van der Waals surface area contributed by atoms with Crippen LogP contribution in [-0.2, 0) is 9.53 Å². The van der Waals surface area contributed by atoms with Gasteiger partial charge in [0, 0.05) is 6.42 Å². The van der Waals surface area contributed by atoms with Crippen LogP contribution in [0.5, 0.6) is 0 Å². The zero-order valence-electron chi connectivity index (χ0n) is 10.3. The Morgan fingerprint density at radius 1 is 1.20 bits per heavy atom. The van der Waals surface area contributed by atoms with E-state index in [4.69, 9.17) is 4.74 Å². The third kappa shape index (κ3) is 7.98. The Labute approximate surface area is 93.0 Å². The Bertz CT molecular complexity index is 249. The molecule has 0 unspecified atom stereocenters. The summed E-state index contributed by atoms with van der Waals surface area (Å²) in [4.78, 5) is 10.9. The molecule has 0 aromatic carbocycles. The van der Waals surface area contributed by atoms with Gasteiger partial charge in [0.05, 0.1) is 6.26 Å². The van der Waals surface area contributed by atoms with E-state index in [1.165, 1.54) is 5.57 Å². The van der Waals surface area contributed by atoms with Crippen LogP contribution in [0.15, 0.2) is 23.5 Å². The third-order valence-electron chi connectivity index (χ3n) is 2.32. The molecule has 0 aliphatic carbocycles. The molecular weight excluding hydrogens is 188 g/mol. The molecule has 15 heavy (non-hydrogen) atoms. The molecule has 0 N–H and O–H groups in total. The zero-order chi connectivity index (χ0) is 11.7. The van der Waals surface area contributed by atoms with Gasteiger partial charge in [0.25, 0.3) is 0 Å². The number of allylic oxidation sites excluding steroid dienone is 3. The summed E-state index contributed by atoms with van der Waals surface area (Å²) in [6.07, 6.45) is 7.36. The smallest absolute Gasteiger partial charge is 0.310 e. The van der Waals surface area contributed by atoms with E-state index >= 15 is 0 Å². The predicted octanol–water partition coefficient (Wildman–Crippen LogP) is 3.98. The van der Waals surface area contributed by atoms with Gasteiger partial charge in [-0.25, -0.2) is 0 Å². The second-order valence-electron chi connectivity index (χ2n) is 3.80. The maximum atomic E-state index is 10.9. The molecular formula is C13H22O2. The van der Waals surface area contributed by atoms with Gasteiger partial charge in [-0.1, -0.05) is 18.6 Å². The van der Waals surface area contributed by atoms with Gasteiger partial charge < -0.3 is 4.74 Å². The molecule has 0 aromatic heterocycles. The fourth-order valence-corrected chi connectivity index (χ4v) is 1.10. The summed E-state index contributed by atoms with van der Waals surface area (Å²) < 4.78 is 4.92. The average molecular weight is 210 g/mol. The van der Waals surface area contributed by atoms with Crippen LogP contribution in [0, 0.1) is 0 Å². The van der Waals surface area contributed by atoms with Crippen molar-refractivity contribution in [1.29, 1.82) is 0 Å². The van der Waals surface area contributed by atoms with Crippen LogP contribution in [0.2, 0.25) is 0 Å². The number of hydrogen-bond donors (Lipinski definition) is 0. The van der Waals surface area contributed by atoms with Gasteiger partial charge in [0.15, 0.2) is 0 Å². The molecule has 0 fully saturated rings. The fourth-order valence-electron chi connectivity index (χ4n) is 1.10. The van der Waals surface area contributed by atoms with Crippen LogP contribution in [-0.4, -0.2) is 5.97 Å². The monoisotopic (exact) mass is 210 g/mol. The van der Waals surface area contributed by atoms with E-state index in [0.29, 0.717) is 6.42 Å². The third-order valence-corrected chi connectivity index (χ3v) is 2.32. The minimum atomic E-state index is -0.168. The van der Waals surface area contributed by atoms with Gasteiger partial charge in [-0.15, -0.1) is 0 Å². The van der Waals surface area contributed by atoms with Crippen LogP contribution < -0.4 is 0 Å². The summed E-state index contributed by atoms with van der Waals surface area (Å²) in [5.41, 5.74) is 2.54. The lowest BCUT2D eigenvalue weighted by molar-refractivity contribution is -0.137. The van der Waals surface area contributed by atoms with Crippen molar-refractivity contribution < 1.29 is 9.53 Å². The van der Waals surface area contributed by atoms with Crippen molar-refractivity contribution in [2.45, 2.75) is 53.4 Å². The topological polar surface area (TPSA) is 26.3 Å². The Balaban J connectivity index is 3.73. The van der Waals surface area contributed by atoms with E-state index in [9.17, 15) is 4.79 Å². The van der Waals surface area contributed by atoms with Crippen LogP contribution >= 0.6 is 0 Å². The SMILES string of the molecule is C/C=C(\C)CCC/C(C)=C/OC(=O)CC. The fraction of sp³-hybridized carbons (Fsp3) is 0.615. The first-order chi connectivity index (χ1) is 7.10. The largest absolute Gasteiger partial charge is 0.435 e. The summed E-state index contributed by atoms with van der Waals surface area (Å²) in [6.45, 7) is 7.98. The summed E-state index contributed by atoms with van der Waals surface area (Å²) in [6, 6.07) is 0. The Kier molecular flexibility index (Phi) is 7.69. The minimum Gasteiger partial charge on any atom is -0.435 e. The Morgan fingerprint density at radius 3 is 2.33 bits per heavy atom.